The summed E-state index contributed by atoms with van der Waals surface area (Å²) in [6.07, 6.45) is 3.40. The molecular weight excluding hydrogens is 366 g/mol. The van der Waals surface area contributed by atoms with Crippen molar-refractivity contribution in [2.45, 2.75) is 44.3 Å². The summed E-state index contributed by atoms with van der Waals surface area (Å²) < 4.78 is 49.7. The number of hydrogen-bond donors (Lipinski definition) is 1. The number of halogens is 1. The van der Waals surface area contributed by atoms with E-state index in [0.717, 1.165) is 24.6 Å². The fourth-order valence-corrected chi connectivity index (χ4v) is 6.44. The van der Waals surface area contributed by atoms with Gasteiger partial charge in [0.25, 0.3) is 0 Å². The van der Waals surface area contributed by atoms with Crippen LogP contribution in [0.25, 0.3) is 0 Å². The van der Waals surface area contributed by atoms with E-state index in [1.807, 2.05) is 0 Å². The Balaban J connectivity index is 2.53. The first kappa shape index (κ1) is 18.4. The van der Waals surface area contributed by atoms with Crippen LogP contribution < -0.4 is 4.72 Å². The lowest BCUT2D eigenvalue weighted by atomic mass is 10.0. The van der Waals surface area contributed by atoms with E-state index in [1.54, 1.807) is 0 Å². The zero-order chi connectivity index (χ0) is 15.2. The standard InChI is InChI=1S/C12H24BrNO4S2/c1-2-3-11(4-7-13)10-14-20(17,18)12-5-8-19(15,16)9-6-12/h11-12,14H,2-10H2,1H3. The molecule has 0 bridgehead atoms. The van der Waals surface area contributed by atoms with Crippen LogP contribution in [0.15, 0.2) is 0 Å². The molecule has 0 spiro atoms. The van der Waals surface area contributed by atoms with Gasteiger partial charge in [0.1, 0.15) is 9.84 Å². The molecule has 0 saturated carbocycles. The van der Waals surface area contributed by atoms with Crippen molar-refractivity contribution >= 4 is 35.8 Å². The van der Waals surface area contributed by atoms with E-state index >= 15 is 0 Å². The molecule has 0 aromatic carbocycles. The molecule has 1 fully saturated rings. The molecule has 120 valence electrons. The largest absolute Gasteiger partial charge is 0.229 e. The first-order chi connectivity index (χ1) is 9.30. The van der Waals surface area contributed by atoms with Crippen molar-refractivity contribution in [3.05, 3.63) is 0 Å². The maximum atomic E-state index is 12.2. The van der Waals surface area contributed by atoms with E-state index in [4.69, 9.17) is 0 Å². The van der Waals surface area contributed by atoms with Crippen molar-refractivity contribution in [3.8, 4) is 0 Å². The molecule has 1 aliphatic rings. The first-order valence-electron chi connectivity index (χ1n) is 7.05. The van der Waals surface area contributed by atoms with Gasteiger partial charge in [0.15, 0.2) is 0 Å². The predicted molar refractivity (Wildman–Crippen MR) is 85.4 cm³/mol. The average Bonchev–Trinajstić information content (AvgIpc) is 2.36. The zero-order valence-corrected chi connectivity index (χ0v) is 15.1. The summed E-state index contributed by atoms with van der Waals surface area (Å²) in [4.78, 5) is 0. The van der Waals surface area contributed by atoms with Crippen molar-refractivity contribution in [1.82, 2.24) is 4.72 Å². The molecule has 1 rings (SSSR count). The molecule has 0 aliphatic carbocycles. The Kier molecular flexibility index (Phi) is 7.45. The van der Waals surface area contributed by atoms with Gasteiger partial charge < -0.3 is 0 Å². The number of hydrogen-bond acceptors (Lipinski definition) is 4. The minimum atomic E-state index is -3.39. The van der Waals surface area contributed by atoms with Crippen LogP contribution >= 0.6 is 15.9 Å². The van der Waals surface area contributed by atoms with Crippen LogP contribution in [-0.2, 0) is 19.9 Å². The van der Waals surface area contributed by atoms with Crippen LogP contribution in [0.3, 0.4) is 0 Å². The Morgan fingerprint density at radius 1 is 1.25 bits per heavy atom. The van der Waals surface area contributed by atoms with E-state index in [1.165, 1.54) is 0 Å². The smallest absolute Gasteiger partial charge is 0.214 e. The van der Waals surface area contributed by atoms with Crippen molar-refractivity contribution in [2.24, 2.45) is 5.92 Å². The van der Waals surface area contributed by atoms with E-state index in [-0.39, 0.29) is 24.3 Å². The number of rotatable bonds is 8. The van der Waals surface area contributed by atoms with Gasteiger partial charge in [-0.2, -0.15) is 0 Å². The average molecular weight is 390 g/mol. The van der Waals surface area contributed by atoms with E-state index in [9.17, 15) is 16.8 Å². The fourth-order valence-electron chi connectivity index (χ4n) is 2.44. The number of nitrogens with one attached hydrogen (secondary N) is 1. The highest BCUT2D eigenvalue weighted by molar-refractivity contribution is 9.09. The molecule has 20 heavy (non-hydrogen) atoms. The van der Waals surface area contributed by atoms with Crippen LogP contribution in [0.1, 0.15) is 39.0 Å². The molecule has 0 amide bonds. The van der Waals surface area contributed by atoms with Gasteiger partial charge in [-0.25, -0.2) is 21.6 Å². The molecule has 0 aromatic rings. The molecule has 8 heteroatoms. The van der Waals surface area contributed by atoms with Gasteiger partial charge in [-0.3, -0.25) is 0 Å². The maximum Gasteiger partial charge on any atom is 0.214 e. The Bertz CT molecular complexity index is 470. The molecule has 1 unspecified atom stereocenters. The van der Waals surface area contributed by atoms with Crippen molar-refractivity contribution in [2.75, 3.05) is 23.4 Å². The molecular formula is C12H24BrNO4S2. The molecule has 1 aliphatic heterocycles. The van der Waals surface area contributed by atoms with Crippen LogP contribution in [0, 0.1) is 5.92 Å². The van der Waals surface area contributed by atoms with Gasteiger partial charge in [-0.05, 0) is 31.6 Å². The highest BCUT2D eigenvalue weighted by Crippen LogP contribution is 2.19. The van der Waals surface area contributed by atoms with Crippen LogP contribution in [0.5, 0.6) is 0 Å². The van der Waals surface area contributed by atoms with Crippen molar-refractivity contribution in [3.63, 3.8) is 0 Å². The lowest BCUT2D eigenvalue weighted by Crippen LogP contribution is -2.41. The summed E-state index contributed by atoms with van der Waals surface area (Å²) in [6.45, 7) is 2.53. The summed E-state index contributed by atoms with van der Waals surface area (Å²) in [5, 5.41) is 0.304. The van der Waals surface area contributed by atoms with Gasteiger partial charge in [0.05, 0.1) is 16.8 Å². The number of sulfonamides is 1. The van der Waals surface area contributed by atoms with Gasteiger partial charge in [-0.15, -0.1) is 0 Å². The molecule has 5 nitrogen and oxygen atoms in total. The van der Waals surface area contributed by atoms with Gasteiger partial charge in [0, 0.05) is 11.9 Å². The lowest BCUT2D eigenvalue weighted by molar-refractivity contribution is 0.455. The van der Waals surface area contributed by atoms with E-state index < -0.39 is 25.1 Å². The molecule has 0 aromatic heterocycles. The fraction of sp³-hybridized carbons (Fsp3) is 1.00. The normalized spacial score (nSPS) is 21.7. The van der Waals surface area contributed by atoms with Gasteiger partial charge in [0.2, 0.25) is 10.0 Å². The summed E-state index contributed by atoms with van der Waals surface area (Å²) in [6, 6.07) is 0. The first-order valence-corrected chi connectivity index (χ1v) is 11.5. The van der Waals surface area contributed by atoms with Crippen LogP contribution in [-0.4, -0.2) is 45.5 Å². The summed E-state index contributed by atoms with van der Waals surface area (Å²) in [7, 11) is -6.42. The second kappa shape index (κ2) is 8.10. The van der Waals surface area contributed by atoms with Crippen LogP contribution in [0.4, 0.5) is 0 Å². The van der Waals surface area contributed by atoms with Gasteiger partial charge in [-0.1, -0.05) is 29.3 Å². The Morgan fingerprint density at radius 2 is 1.85 bits per heavy atom. The van der Waals surface area contributed by atoms with E-state index in [0.29, 0.717) is 12.5 Å². The van der Waals surface area contributed by atoms with Gasteiger partial charge >= 0.3 is 0 Å². The molecule has 1 heterocycles. The second-order valence-electron chi connectivity index (χ2n) is 5.38. The lowest BCUT2D eigenvalue weighted by Gasteiger charge is -2.24. The number of alkyl halides is 1. The highest BCUT2D eigenvalue weighted by Gasteiger charge is 2.32. The quantitative estimate of drug-likeness (QED) is 0.640. The molecule has 1 atom stereocenters. The summed E-state index contributed by atoms with van der Waals surface area (Å²) >= 11 is 3.39. The van der Waals surface area contributed by atoms with Crippen molar-refractivity contribution < 1.29 is 16.8 Å². The van der Waals surface area contributed by atoms with Crippen LogP contribution in [0.2, 0.25) is 0 Å². The molecule has 0 radical (unpaired) electrons. The Labute approximate surface area is 131 Å². The zero-order valence-electron chi connectivity index (χ0n) is 11.8. The molecule has 1 N–H and O–H groups in total. The number of sulfone groups is 1. The summed E-state index contributed by atoms with van der Waals surface area (Å²) in [5.74, 6) is 0.304. The topological polar surface area (TPSA) is 80.3 Å². The Hall–Kier alpha value is 0.340. The maximum absolute atomic E-state index is 12.2. The third kappa shape index (κ3) is 5.99. The second-order valence-corrected chi connectivity index (χ2v) is 10.5. The third-order valence-electron chi connectivity index (χ3n) is 3.73. The monoisotopic (exact) mass is 389 g/mol. The van der Waals surface area contributed by atoms with E-state index in [2.05, 4.69) is 27.6 Å². The summed E-state index contributed by atoms with van der Waals surface area (Å²) in [5.41, 5.74) is 0. The van der Waals surface area contributed by atoms with Crippen molar-refractivity contribution in [1.29, 1.82) is 0 Å². The minimum absolute atomic E-state index is 0.0155. The minimum Gasteiger partial charge on any atom is -0.229 e. The highest BCUT2D eigenvalue weighted by atomic mass is 79.9. The SMILES string of the molecule is CCCC(CCBr)CNS(=O)(=O)C1CCS(=O)(=O)CC1. The molecule has 1 saturated heterocycles. The third-order valence-corrected chi connectivity index (χ3v) is 7.82. The Morgan fingerprint density at radius 3 is 2.35 bits per heavy atom. The predicted octanol–water partition coefficient (Wildman–Crippen LogP) is 1.68.